The van der Waals surface area contributed by atoms with Crippen LogP contribution < -0.4 is 5.32 Å². The molecule has 1 aromatic rings. The Balaban J connectivity index is 1.86. The maximum absolute atomic E-state index is 4.45. The molecule has 0 aliphatic heterocycles. The molecule has 0 atom stereocenters. The van der Waals surface area contributed by atoms with Crippen molar-refractivity contribution in [2.45, 2.75) is 44.4 Å². The molecule has 0 amide bonds. The third-order valence-electron chi connectivity index (χ3n) is 3.28. The molecule has 1 heterocycles. The Morgan fingerprint density at radius 2 is 2.27 bits per heavy atom. The lowest BCUT2D eigenvalue weighted by Crippen LogP contribution is -2.08. The van der Waals surface area contributed by atoms with Gasteiger partial charge >= 0.3 is 0 Å². The molecular formula is C12H21N3. The van der Waals surface area contributed by atoms with Gasteiger partial charge in [-0.2, -0.15) is 0 Å². The molecule has 1 saturated carbocycles. The van der Waals surface area contributed by atoms with Crippen LogP contribution in [0.2, 0.25) is 0 Å². The summed E-state index contributed by atoms with van der Waals surface area (Å²) in [5, 5.41) is 3.16. The van der Waals surface area contributed by atoms with E-state index in [1.54, 1.807) is 0 Å². The maximum atomic E-state index is 4.45. The number of rotatable bonds is 5. The standard InChI is InChI=1S/C12H21N3/c1-13-8-4-7-12-14-9-11(15-12)10-5-2-3-6-10/h9-10,13H,2-8H2,1H3,(H,14,15). The lowest BCUT2D eigenvalue weighted by molar-refractivity contribution is 0.685. The van der Waals surface area contributed by atoms with Crippen molar-refractivity contribution in [3.8, 4) is 0 Å². The average molecular weight is 207 g/mol. The smallest absolute Gasteiger partial charge is 0.106 e. The first-order valence-corrected chi connectivity index (χ1v) is 6.08. The normalized spacial score (nSPS) is 17.4. The van der Waals surface area contributed by atoms with E-state index in [-0.39, 0.29) is 0 Å². The molecule has 15 heavy (non-hydrogen) atoms. The molecule has 0 bridgehead atoms. The van der Waals surface area contributed by atoms with Crippen LogP contribution in [0, 0.1) is 0 Å². The van der Waals surface area contributed by atoms with Gasteiger partial charge in [0, 0.05) is 24.2 Å². The topological polar surface area (TPSA) is 40.7 Å². The Kier molecular flexibility index (Phi) is 3.78. The molecular weight excluding hydrogens is 186 g/mol. The van der Waals surface area contributed by atoms with Gasteiger partial charge in [-0.3, -0.25) is 0 Å². The van der Waals surface area contributed by atoms with Gasteiger partial charge in [0.1, 0.15) is 5.82 Å². The largest absolute Gasteiger partial charge is 0.346 e. The highest BCUT2D eigenvalue weighted by molar-refractivity contribution is 5.09. The Hall–Kier alpha value is -0.830. The maximum Gasteiger partial charge on any atom is 0.106 e. The highest BCUT2D eigenvalue weighted by atomic mass is 14.9. The molecule has 0 spiro atoms. The molecule has 1 fully saturated rings. The van der Waals surface area contributed by atoms with E-state index in [0.717, 1.165) is 31.1 Å². The summed E-state index contributed by atoms with van der Waals surface area (Å²) in [5.74, 6) is 1.92. The summed E-state index contributed by atoms with van der Waals surface area (Å²) in [6.07, 6.45) is 9.74. The predicted molar refractivity (Wildman–Crippen MR) is 62.0 cm³/mol. The number of hydrogen-bond acceptors (Lipinski definition) is 2. The van der Waals surface area contributed by atoms with E-state index in [1.165, 1.54) is 31.4 Å². The van der Waals surface area contributed by atoms with Crippen LogP contribution in [0.3, 0.4) is 0 Å². The molecule has 1 aliphatic carbocycles. The molecule has 1 aliphatic rings. The molecule has 2 rings (SSSR count). The highest BCUT2D eigenvalue weighted by Gasteiger charge is 2.18. The fourth-order valence-electron chi connectivity index (χ4n) is 2.38. The summed E-state index contributed by atoms with van der Waals surface area (Å²) in [7, 11) is 1.99. The summed E-state index contributed by atoms with van der Waals surface area (Å²) in [6.45, 7) is 1.07. The second-order valence-corrected chi connectivity index (χ2v) is 4.47. The first kappa shape index (κ1) is 10.7. The number of hydrogen-bond donors (Lipinski definition) is 2. The van der Waals surface area contributed by atoms with E-state index in [4.69, 9.17) is 0 Å². The van der Waals surface area contributed by atoms with Gasteiger partial charge in [-0.05, 0) is 32.9 Å². The van der Waals surface area contributed by atoms with E-state index in [2.05, 4.69) is 15.3 Å². The van der Waals surface area contributed by atoms with Gasteiger partial charge in [0.2, 0.25) is 0 Å². The van der Waals surface area contributed by atoms with Crippen molar-refractivity contribution in [3.63, 3.8) is 0 Å². The minimum Gasteiger partial charge on any atom is -0.346 e. The molecule has 84 valence electrons. The van der Waals surface area contributed by atoms with Gasteiger partial charge in [-0.1, -0.05) is 12.8 Å². The molecule has 1 aromatic heterocycles. The van der Waals surface area contributed by atoms with Crippen molar-refractivity contribution in [3.05, 3.63) is 17.7 Å². The van der Waals surface area contributed by atoms with Crippen molar-refractivity contribution < 1.29 is 0 Å². The van der Waals surface area contributed by atoms with Gasteiger partial charge < -0.3 is 10.3 Å². The van der Waals surface area contributed by atoms with Crippen LogP contribution in [-0.2, 0) is 6.42 Å². The van der Waals surface area contributed by atoms with Gasteiger partial charge in [-0.15, -0.1) is 0 Å². The number of aromatic nitrogens is 2. The van der Waals surface area contributed by atoms with Crippen molar-refractivity contribution >= 4 is 0 Å². The fraction of sp³-hybridized carbons (Fsp3) is 0.750. The third kappa shape index (κ3) is 2.81. The summed E-state index contributed by atoms with van der Waals surface area (Å²) in [4.78, 5) is 7.92. The lowest BCUT2D eigenvalue weighted by Gasteiger charge is -2.04. The summed E-state index contributed by atoms with van der Waals surface area (Å²) < 4.78 is 0. The number of aromatic amines is 1. The minimum absolute atomic E-state index is 0.760. The number of nitrogens with one attached hydrogen (secondary N) is 2. The number of imidazole rings is 1. The van der Waals surface area contributed by atoms with Crippen LogP contribution in [0.4, 0.5) is 0 Å². The quantitative estimate of drug-likeness (QED) is 0.727. The Morgan fingerprint density at radius 3 is 3.00 bits per heavy atom. The van der Waals surface area contributed by atoms with Crippen LogP contribution in [0.15, 0.2) is 6.20 Å². The third-order valence-corrected chi connectivity index (χ3v) is 3.28. The van der Waals surface area contributed by atoms with Crippen molar-refractivity contribution in [2.75, 3.05) is 13.6 Å². The number of nitrogens with zero attached hydrogens (tertiary/aromatic N) is 1. The summed E-state index contributed by atoms with van der Waals surface area (Å²) >= 11 is 0. The molecule has 3 heteroatoms. The molecule has 0 aromatic carbocycles. The van der Waals surface area contributed by atoms with Gasteiger partial charge in [0.15, 0.2) is 0 Å². The van der Waals surface area contributed by atoms with E-state index >= 15 is 0 Å². The zero-order chi connectivity index (χ0) is 10.5. The van der Waals surface area contributed by atoms with E-state index in [9.17, 15) is 0 Å². The second-order valence-electron chi connectivity index (χ2n) is 4.47. The van der Waals surface area contributed by atoms with Crippen LogP contribution in [0.5, 0.6) is 0 Å². The van der Waals surface area contributed by atoms with Gasteiger partial charge in [0.25, 0.3) is 0 Å². The number of H-pyrrole nitrogens is 1. The molecule has 0 saturated heterocycles. The van der Waals surface area contributed by atoms with Crippen LogP contribution in [0.25, 0.3) is 0 Å². The second kappa shape index (κ2) is 5.31. The van der Waals surface area contributed by atoms with Crippen LogP contribution in [0.1, 0.15) is 49.5 Å². The Bertz CT molecular complexity index is 287. The monoisotopic (exact) mass is 207 g/mol. The summed E-state index contributed by atoms with van der Waals surface area (Å²) in [5.41, 5.74) is 1.37. The van der Waals surface area contributed by atoms with Gasteiger partial charge in [-0.25, -0.2) is 4.98 Å². The first-order valence-electron chi connectivity index (χ1n) is 6.08. The Morgan fingerprint density at radius 1 is 1.47 bits per heavy atom. The SMILES string of the molecule is CNCCCc1ncc(C2CCCC2)[nH]1. The fourth-order valence-corrected chi connectivity index (χ4v) is 2.38. The van der Waals surface area contributed by atoms with E-state index in [1.807, 2.05) is 13.2 Å². The zero-order valence-electron chi connectivity index (χ0n) is 9.55. The van der Waals surface area contributed by atoms with Crippen LogP contribution >= 0.6 is 0 Å². The molecule has 0 radical (unpaired) electrons. The Labute approximate surface area is 91.7 Å². The first-order chi connectivity index (χ1) is 7.40. The minimum atomic E-state index is 0.760. The van der Waals surface area contributed by atoms with Crippen LogP contribution in [-0.4, -0.2) is 23.6 Å². The lowest BCUT2D eigenvalue weighted by atomic mass is 10.1. The highest BCUT2D eigenvalue weighted by Crippen LogP contribution is 2.32. The van der Waals surface area contributed by atoms with Gasteiger partial charge in [0.05, 0.1) is 0 Å². The zero-order valence-corrected chi connectivity index (χ0v) is 9.55. The van der Waals surface area contributed by atoms with Crippen molar-refractivity contribution in [1.82, 2.24) is 15.3 Å². The van der Waals surface area contributed by atoms with E-state index < -0.39 is 0 Å². The molecule has 3 nitrogen and oxygen atoms in total. The predicted octanol–water partition coefficient (Wildman–Crippen LogP) is 2.22. The molecule has 2 N–H and O–H groups in total. The van der Waals surface area contributed by atoms with Crippen molar-refractivity contribution in [1.29, 1.82) is 0 Å². The van der Waals surface area contributed by atoms with E-state index in [0.29, 0.717) is 0 Å². The number of aryl methyl sites for hydroxylation is 1. The van der Waals surface area contributed by atoms with Crippen molar-refractivity contribution in [2.24, 2.45) is 0 Å². The molecule has 0 unspecified atom stereocenters. The average Bonchev–Trinajstić information content (AvgIpc) is 2.87. The summed E-state index contributed by atoms with van der Waals surface area (Å²) in [6, 6.07) is 0.